The second kappa shape index (κ2) is 8.55. The van der Waals surface area contributed by atoms with E-state index in [1.165, 1.54) is 12.1 Å². The first-order chi connectivity index (χ1) is 14.5. The van der Waals surface area contributed by atoms with E-state index in [4.69, 9.17) is 9.97 Å². The van der Waals surface area contributed by atoms with Crippen LogP contribution in [0, 0.1) is 5.82 Å². The minimum absolute atomic E-state index is 0.178. The summed E-state index contributed by atoms with van der Waals surface area (Å²) in [4.78, 5) is 15.9. The third kappa shape index (κ3) is 4.44. The molecular formula is C24H24FN5. The number of fused-ring (bicyclic) bond motifs is 1. The summed E-state index contributed by atoms with van der Waals surface area (Å²) in [5.41, 5.74) is 3.42. The number of nitrogens with zero attached hydrogens (tertiary/aromatic N) is 4. The van der Waals surface area contributed by atoms with Gasteiger partial charge in [0.2, 0.25) is 0 Å². The molecule has 0 fully saturated rings. The molecule has 0 amide bonds. The summed E-state index contributed by atoms with van der Waals surface area (Å²) >= 11 is 0. The zero-order valence-electron chi connectivity index (χ0n) is 17.3. The van der Waals surface area contributed by atoms with Crippen molar-refractivity contribution in [1.82, 2.24) is 19.9 Å². The van der Waals surface area contributed by atoms with E-state index in [1.54, 1.807) is 18.5 Å². The van der Waals surface area contributed by atoms with E-state index >= 15 is 0 Å². The molecule has 0 saturated carbocycles. The van der Waals surface area contributed by atoms with Crippen molar-refractivity contribution in [3.63, 3.8) is 0 Å². The van der Waals surface area contributed by atoms with Crippen LogP contribution in [0.5, 0.6) is 0 Å². The molecule has 2 aromatic carbocycles. The van der Waals surface area contributed by atoms with E-state index in [-0.39, 0.29) is 11.9 Å². The van der Waals surface area contributed by atoms with Crippen LogP contribution < -0.4 is 5.32 Å². The number of rotatable bonds is 6. The fourth-order valence-corrected chi connectivity index (χ4v) is 3.54. The Balaban J connectivity index is 1.84. The molecule has 0 aliphatic carbocycles. The number of hydrogen-bond acceptors (Lipinski definition) is 5. The van der Waals surface area contributed by atoms with E-state index in [1.807, 2.05) is 50.5 Å². The number of aromatic nitrogens is 3. The molecule has 0 saturated heterocycles. The van der Waals surface area contributed by atoms with Gasteiger partial charge >= 0.3 is 0 Å². The maximum Gasteiger partial charge on any atom is 0.163 e. The number of halogens is 1. The Hall–Kier alpha value is -3.38. The van der Waals surface area contributed by atoms with Gasteiger partial charge in [0.05, 0.1) is 5.52 Å². The fraction of sp³-hybridized carbons (Fsp3) is 0.208. The van der Waals surface area contributed by atoms with E-state index in [0.29, 0.717) is 5.82 Å². The lowest BCUT2D eigenvalue weighted by molar-refractivity contribution is 0.392. The standard InChI is InChI=1S/C24H24FN5/c1-16(15-30(2)3)27-24-21-13-18(17-6-4-8-20(25)12-17)9-10-22(21)28-23(29-24)19-7-5-11-26-14-19/h4-14,16H,15H2,1-3H3,(H,27,28,29). The van der Waals surface area contributed by atoms with Gasteiger partial charge in [-0.2, -0.15) is 0 Å². The summed E-state index contributed by atoms with van der Waals surface area (Å²) in [7, 11) is 4.08. The zero-order valence-corrected chi connectivity index (χ0v) is 17.3. The molecule has 152 valence electrons. The number of hydrogen-bond donors (Lipinski definition) is 1. The lowest BCUT2D eigenvalue weighted by atomic mass is 10.0. The summed E-state index contributed by atoms with van der Waals surface area (Å²) in [5.74, 6) is 1.12. The van der Waals surface area contributed by atoms with E-state index in [2.05, 4.69) is 22.1 Å². The van der Waals surface area contributed by atoms with Crippen molar-refractivity contribution >= 4 is 16.7 Å². The second-order valence-electron chi connectivity index (χ2n) is 7.69. The summed E-state index contributed by atoms with van der Waals surface area (Å²) in [6.07, 6.45) is 3.49. The lowest BCUT2D eigenvalue weighted by Gasteiger charge is -2.20. The Morgan fingerprint density at radius 3 is 2.50 bits per heavy atom. The van der Waals surface area contributed by atoms with Crippen molar-refractivity contribution < 1.29 is 4.39 Å². The van der Waals surface area contributed by atoms with E-state index in [9.17, 15) is 4.39 Å². The lowest BCUT2D eigenvalue weighted by Crippen LogP contribution is -2.30. The van der Waals surface area contributed by atoms with Crippen LogP contribution in [0.15, 0.2) is 67.0 Å². The van der Waals surface area contributed by atoms with Gasteiger partial charge in [0.15, 0.2) is 5.82 Å². The molecule has 5 nitrogen and oxygen atoms in total. The van der Waals surface area contributed by atoms with Crippen LogP contribution in [0.2, 0.25) is 0 Å². The predicted molar refractivity (Wildman–Crippen MR) is 120 cm³/mol. The molecule has 1 unspecified atom stereocenters. The maximum absolute atomic E-state index is 13.7. The van der Waals surface area contributed by atoms with Gasteiger partial charge in [-0.3, -0.25) is 4.98 Å². The molecule has 2 aromatic heterocycles. The maximum atomic E-state index is 13.7. The monoisotopic (exact) mass is 401 g/mol. The molecular weight excluding hydrogens is 377 g/mol. The molecule has 4 rings (SSSR count). The Labute approximate surface area is 175 Å². The average Bonchev–Trinajstić information content (AvgIpc) is 2.73. The summed E-state index contributed by atoms with van der Waals surface area (Å²) in [6.45, 7) is 2.98. The van der Waals surface area contributed by atoms with E-state index < -0.39 is 0 Å². The van der Waals surface area contributed by atoms with Crippen LogP contribution in [0.3, 0.4) is 0 Å². The average molecular weight is 401 g/mol. The molecule has 4 aromatic rings. The van der Waals surface area contributed by atoms with Gasteiger partial charge < -0.3 is 10.2 Å². The number of likely N-dealkylation sites (N-methyl/N-ethyl adjacent to an activating group) is 1. The van der Waals surface area contributed by atoms with Crippen LogP contribution in [0.4, 0.5) is 10.2 Å². The smallest absolute Gasteiger partial charge is 0.163 e. The number of pyridine rings is 1. The quantitative estimate of drug-likeness (QED) is 0.500. The van der Waals surface area contributed by atoms with Gasteiger partial charge in [0, 0.05) is 35.9 Å². The highest BCUT2D eigenvalue weighted by Gasteiger charge is 2.14. The van der Waals surface area contributed by atoms with Gasteiger partial charge in [-0.05, 0) is 68.5 Å². The molecule has 1 N–H and O–H groups in total. The Kier molecular flexibility index (Phi) is 5.68. The molecule has 0 aliphatic rings. The fourth-order valence-electron chi connectivity index (χ4n) is 3.54. The van der Waals surface area contributed by atoms with Crippen molar-refractivity contribution in [1.29, 1.82) is 0 Å². The zero-order chi connectivity index (χ0) is 21.1. The Morgan fingerprint density at radius 1 is 0.967 bits per heavy atom. The van der Waals surface area contributed by atoms with Crippen molar-refractivity contribution in [2.24, 2.45) is 0 Å². The highest BCUT2D eigenvalue weighted by molar-refractivity contribution is 5.94. The SMILES string of the molecule is CC(CN(C)C)Nc1nc(-c2cccnc2)nc2ccc(-c3cccc(F)c3)cc12. The third-order valence-electron chi connectivity index (χ3n) is 4.80. The number of nitrogens with one attached hydrogen (secondary N) is 1. The Morgan fingerprint density at radius 2 is 1.77 bits per heavy atom. The molecule has 6 heteroatoms. The first-order valence-corrected chi connectivity index (χ1v) is 9.89. The topological polar surface area (TPSA) is 53.9 Å². The molecule has 0 spiro atoms. The van der Waals surface area contributed by atoms with Gasteiger partial charge in [0.1, 0.15) is 11.6 Å². The van der Waals surface area contributed by atoms with Crippen LogP contribution in [-0.2, 0) is 0 Å². The summed E-state index contributed by atoms with van der Waals surface area (Å²) in [6, 6.07) is 16.5. The van der Waals surface area contributed by atoms with Crippen LogP contribution in [-0.4, -0.2) is 46.5 Å². The van der Waals surface area contributed by atoms with Gasteiger partial charge in [0.25, 0.3) is 0 Å². The van der Waals surface area contributed by atoms with Crippen LogP contribution in [0.25, 0.3) is 33.4 Å². The van der Waals surface area contributed by atoms with Crippen LogP contribution >= 0.6 is 0 Å². The number of anilines is 1. The summed E-state index contributed by atoms with van der Waals surface area (Å²) in [5, 5.41) is 4.43. The first-order valence-electron chi connectivity index (χ1n) is 9.89. The molecule has 1 atom stereocenters. The van der Waals surface area contributed by atoms with Crippen molar-refractivity contribution in [2.45, 2.75) is 13.0 Å². The summed E-state index contributed by atoms with van der Waals surface area (Å²) < 4.78 is 13.7. The predicted octanol–water partition coefficient (Wildman–Crippen LogP) is 4.86. The highest BCUT2D eigenvalue weighted by atomic mass is 19.1. The molecule has 30 heavy (non-hydrogen) atoms. The minimum Gasteiger partial charge on any atom is -0.366 e. The minimum atomic E-state index is -0.256. The van der Waals surface area contributed by atoms with Gasteiger partial charge in [-0.25, -0.2) is 14.4 Å². The molecule has 0 bridgehead atoms. The van der Waals surface area contributed by atoms with Crippen molar-refractivity contribution in [3.05, 3.63) is 72.8 Å². The highest BCUT2D eigenvalue weighted by Crippen LogP contribution is 2.30. The molecule has 2 heterocycles. The van der Waals surface area contributed by atoms with Crippen molar-refractivity contribution in [3.8, 4) is 22.5 Å². The largest absolute Gasteiger partial charge is 0.366 e. The first kappa shape index (κ1) is 19.9. The molecule has 0 aliphatic heterocycles. The molecule has 0 radical (unpaired) electrons. The van der Waals surface area contributed by atoms with Gasteiger partial charge in [-0.1, -0.05) is 18.2 Å². The number of benzene rings is 2. The van der Waals surface area contributed by atoms with Crippen molar-refractivity contribution in [2.75, 3.05) is 26.0 Å². The van der Waals surface area contributed by atoms with Gasteiger partial charge in [-0.15, -0.1) is 0 Å². The Bertz CT molecular complexity index is 1160. The second-order valence-corrected chi connectivity index (χ2v) is 7.69. The normalized spacial score (nSPS) is 12.3. The van der Waals surface area contributed by atoms with Crippen LogP contribution in [0.1, 0.15) is 6.92 Å². The van der Waals surface area contributed by atoms with E-state index in [0.717, 1.165) is 40.0 Å². The third-order valence-corrected chi connectivity index (χ3v) is 4.80.